The molecule has 0 aliphatic carbocycles. The largest absolute Gasteiger partial charge is 0.416 e. The lowest BCUT2D eigenvalue weighted by atomic mass is 10.2. The molecule has 19 heavy (non-hydrogen) atoms. The van der Waals surface area contributed by atoms with Gasteiger partial charge in [-0.2, -0.15) is 13.2 Å². The molecule has 0 radical (unpaired) electrons. The Labute approximate surface area is 114 Å². The van der Waals surface area contributed by atoms with Crippen molar-refractivity contribution in [3.05, 3.63) is 28.8 Å². The predicted octanol–water partition coefficient (Wildman–Crippen LogP) is 2.32. The third-order valence-corrected chi connectivity index (χ3v) is 3.63. The third-order valence-electron chi connectivity index (χ3n) is 2.12. The van der Waals surface area contributed by atoms with E-state index in [2.05, 4.69) is 10.0 Å². The first kappa shape index (κ1) is 16.1. The molecule has 4 nitrogen and oxygen atoms in total. The molecule has 0 amide bonds. The smallest absolute Gasteiger partial charge is 0.319 e. The van der Waals surface area contributed by atoms with Crippen molar-refractivity contribution < 1.29 is 21.6 Å². The number of halogens is 4. The Hall–Kier alpha value is -0.990. The Kier molecular flexibility index (Phi) is 5.05. The first-order valence-corrected chi connectivity index (χ1v) is 7.20. The molecule has 1 aromatic carbocycles. The minimum absolute atomic E-state index is 0.183. The van der Waals surface area contributed by atoms with Gasteiger partial charge in [0.25, 0.3) is 0 Å². The molecule has 0 saturated heterocycles. The van der Waals surface area contributed by atoms with Crippen molar-refractivity contribution >= 4 is 27.3 Å². The zero-order chi connectivity index (χ0) is 14.7. The SMILES string of the molecule is CNCCS(=O)(=O)Nc1cc(Cl)cc(C(F)(F)F)c1. The summed E-state index contributed by atoms with van der Waals surface area (Å²) in [5, 5.41) is 2.44. The highest BCUT2D eigenvalue weighted by molar-refractivity contribution is 7.92. The monoisotopic (exact) mass is 316 g/mol. The fourth-order valence-electron chi connectivity index (χ4n) is 1.28. The summed E-state index contributed by atoms with van der Waals surface area (Å²) in [6, 6.07) is 2.55. The lowest BCUT2D eigenvalue weighted by Crippen LogP contribution is -2.24. The minimum Gasteiger partial charge on any atom is -0.319 e. The summed E-state index contributed by atoms with van der Waals surface area (Å²) >= 11 is 5.54. The van der Waals surface area contributed by atoms with Gasteiger partial charge in [0.1, 0.15) is 0 Å². The van der Waals surface area contributed by atoms with E-state index < -0.39 is 21.8 Å². The van der Waals surface area contributed by atoms with Crippen LogP contribution in [0.4, 0.5) is 18.9 Å². The van der Waals surface area contributed by atoms with Crippen LogP contribution in [-0.2, 0) is 16.2 Å². The number of benzene rings is 1. The second-order valence-corrected chi connectivity index (χ2v) is 6.03. The van der Waals surface area contributed by atoms with Gasteiger partial charge in [-0.3, -0.25) is 4.72 Å². The topological polar surface area (TPSA) is 58.2 Å². The highest BCUT2D eigenvalue weighted by Gasteiger charge is 2.31. The van der Waals surface area contributed by atoms with Crippen LogP contribution < -0.4 is 10.0 Å². The maximum Gasteiger partial charge on any atom is 0.416 e. The summed E-state index contributed by atoms with van der Waals surface area (Å²) < 4.78 is 62.8. The zero-order valence-corrected chi connectivity index (χ0v) is 11.5. The molecule has 0 aromatic heterocycles. The molecular formula is C10H12ClF3N2O2S. The van der Waals surface area contributed by atoms with E-state index in [1.165, 1.54) is 0 Å². The maximum absolute atomic E-state index is 12.5. The first-order valence-electron chi connectivity index (χ1n) is 5.17. The Balaban J connectivity index is 2.99. The summed E-state index contributed by atoms with van der Waals surface area (Å²) in [4.78, 5) is 0. The summed E-state index contributed by atoms with van der Waals surface area (Å²) in [5.41, 5.74) is -1.22. The number of anilines is 1. The second kappa shape index (κ2) is 5.98. The molecule has 0 bridgehead atoms. The molecule has 0 spiro atoms. The van der Waals surface area contributed by atoms with Crippen LogP contribution in [-0.4, -0.2) is 27.8 Å². The molecule has 0 unspecified atom stereocenters. The Morgan fingerprint density at radius 3 is 2.42 bits per heavy atom. The average molecular weight is 317 g/mol. The number of hydrogen-bond acceptors (Lipinski definition) is 3. The average Bonchev–Trinajstić information content (AvgIpc) is 2.23. The summed E-state index contributed by atoms with van der Waals surface area (Å²) in [6.07, 6.45) is -4.59. The molecule has 0 heterocycles. The lowest BCUT2D eigenvalue weighted by molar-refractivity contribution is -0.137. The van der Waals surface area contributed by atoms with Gasteiger partial charge in [0.05, 0.1) is 17.0 Å². The molecule has 1 aromatic rings. The quantitative estimate of drug-likeness (QED) is 0.876. The molecule has 1 rings (SSSR count). The van der Waals surface area contributed by atoms with Crippen molar-refractivity contribution in [2.75, 3.05) is 24.1 Å². The van der Waals surface area contributed by atoms with Crippen molar-refractivity contribution in [3.8, 4) is 0 Å². The highest BCUT2D eigenvalue weighted by atomic mass is 35.5. The summed E-state index contributed by atoms with van der Waals surface area (Å²) in [6.45, 7) is 0.183. The van der Waals surface area contributed by atoms with E-state index >= 15 is 0 Å². The van der Waals surface area contributed by atoms with Crippen LogP contribution in [0, 0.1) is 0 Å². The van der Waals surface area contributed by atoms with Gasteiger partial charge in [0.2, 0.25) is 10.0 Å². The number of rotatable bonds is 5. The van der Waals surface area contributed by atoms with E-state index in [0.29, 0.717) is 6.07 Å². The van der Waals surface area contributed by atoms with Crippen LogP contribution >= 0.6 is 11.6 Å². The molecule has 0 fully saturated rings. The second-order valence-electron chi connectivity index (χ2n) is 3.75. The van der Waals surface area contributed by atoms with Gasteiger partial charge >= 0.3 is 6.18 Å². The summed E-state index contributed by atoms with van der Waals surface area (Å²) in [7, 11) is -2.15. The predicted molar refractivity (Wildman–Crippen MR) is 67.8 cm³/mol. The van der Waals surface area contributed by atoms with Crippen LogP contribution in [0.15, 0.2) is 18.2 Å². The molecule has 0 aliphatic heterocycles. The van der Waals surface area contributed by atoms with E-state index in [4.69, 9.17) is 11.6 Å². The molecule has 2 N–H and O–H groups in total. The van der Waals surface area contributed by atoms with E-state index in [1.807, 2.05) is 0 Å². The van der Waals surface area contributed by atoms with Gasteiger partial charge in [-0.05, 0) is 25.2 Å². The fraction of sp³-hybridized carbons (Fsp3) is 0.400. The zero-order valence-electron chi connectivity index (χ0n) is 9.88. The van der Waals surface area contributed by atoms with Gasteiger partial charge in [-0.1, -0.05) is 11.6 Å². The molecule has 9 heteroatoms. The van der Waals surface area contributed by atoms with E-state index in [-0.39, 0.29) is 23.0 Å². The van der Waals surface area contributed by atoms with E-state index in [1.54, 1.807) is 7.05 Å². The van der Waals surface area contributed by atoms with Crippen LogP contribution in [0.2, 0.25) is 5.02 Å². The molecular weight excluding hydrogens is 305 g/mol. The van der Waals surface area contributed by atoms with E-state index in [0.717, 1.165) is 12.1 Å². The minimum atomic E-state index is -4.59. The fourth-order valence-corrected chi connectivity index (χ4v) is 2.57. The highest BCUT2D eigenvalue weighted by Crippen LogP contribution is 2.33. The van der Waals surface area contributed by atoms with E-state index in [9.17, 15) is 21.6 Å². The number of hydrogen-bond donors (Lipinski definition) is 2. The standard InChI is InChI=1S/C10H12ClF3N2O2S/c1-15-2-3-19(17,18)16-9-5-7(10(12,13)14)4-8(11)6-9/h4-6,15-16H,2-3H2,1H3. The van der Waals surface area contributed by atoms with Crippen LogP contribution in [0.3, 0.4) is 0 Å². The molecule has 0 atom stereocenters. The first-order chi connectivity index (χ1) is 8.64. The van der Waals surface area contributed by atoms with Crippen molar-refractivity contribution in [3.63, 3.8) is 0 Å². The molecule has 0 aliphatic rings. The molecule has 108 valence electrons. The Bertz CT molecular complexity index is 546. The van der Waals surface area contributed by atoms with Crippen LogP contribution in [0.5, 0.6) is 0 Å². The third kappa shape index (κ3) is 5.25. The maximum atomic E-state index is 12.5. The normalized spacial score (nSPS) is 12.5. The van der Waals surface area contributed by atoms with Gasteiger partial charge in [-0.15, -0.1) is 0 Å². The van der Waals surface area contributed by atoms with Crippen molar-refractivity contribution in [2.45, 2.75) is 6.18 Å². The summed E-state index contributed by atoms with van der Waals surface area (Å²) in [5.74, 6) is -0.253. The van der Waals surface area contributed by atoms with Crippen LogP contribution in [0.1, 0.15) is 5.56 Å². The van der Waals surface area contributed by atoms with Crippen LogP contribution in [0.25, 0.3) is 0 Å². The van der Waals surface area contributed by atoms with Crippen molar-refractivity contribution in [2.24, 2.45) is 0 Å². The number of nitrogens with one attached hydrogen (secondary N) is 2. The van der Waals surface area contributed by atoms with Crippen molar-refractivity contribution in [1.82, 2.24) is 5.32 Å². The van der Waals surface area contributed by atoms with Gasteiger partial charge < -0.3 is 5.32 Å². The van der Waals surface area contributed by atoms with Gasteiger partial charge in [0, 0.05) is 11.6 Å². The van der Waals surface area contributed by atoms with Gasteiger partial charge in [-0.25, -0.2) is 8.42 Å². The number of sulfonamides is 1. The Morgan fingerprint density at radius 2 is 1.89 bits per heavy atom. The molecule has 0 saturated carbocycles. The van der Waals surface area contributed by atoms with Gasteiger partial charge in [0.15, 0.2) is 0 Å². The van der Waals surface area contributed by atoms with Crippen molar-refractivity contribution in [1.29, 1.82) is 0 Å². The number of alkyl halides is 3. The Morgan fingerprint density at radius 1 is 1.26 bits per heavy atom. The lowest BCUT2D eigenvalue weighted by Gasteiger charge is -2.12.